The van der Waals surface area contributed by atoms with E-state index in [1.54, 1.807) is 11.7 Å². The number of carbonyl (C=O) groups is 1. The minimum Gasteiger partial charge on any atom is -0.358 e. The summed E-state index contributed by atoms with van der Waals surface area (Å²) in [7, 11) is 1.61. The van der Waals surface area contributed by atoms with Crippen LogP contribution in [0.1, 0.15) is 12.5 Å². The van der Waals surface area contributed by atoms with E-state index in [2.05, 4.69) is 20.8 Å². The van der Waals surface area contributed by atoms with Crippen LogP contribution in [0.4, 0.5) is 0 Å². The number of hydrogen-bond donors (Lipinski definition) is 1. The van der Waals surface area contributed by atoms with Crippen LogP contribution in [-0.4, -0.2) is 38.4 Å². The molecule has 0 aliphatic carbocycles. The zero-order valence-electron chi connectivity index (χ0n) is 11.0. The summed E-state index contributed by atoms with van der Waals surface area (Å²) in [6.07, 6.45) is 0. The average molecular weight is 277 g/mol. The highest BCUT2D eigenvalue weighted by atomic mass is 32.2. The molecule has 2 rings (SSSR count). The minimum atomic E-state index is -0.250. The first-order valence-corrected chi connectivity index (χ1v) is 6.73. The monoisotopic (exact) mass is 277 g/mol. The molecule has 0 aliphatic heterocycles. The van der Waals surface area contributed by atoms with Crippen molar-refractivity contribution in [3.8, 4) is 5.69 Å². The highest BCUT2D eigenvalue weighted by Crippen LogP contribution is 2.23. The largest absolute Gasteiger partial charge is 0.358 e. The van der Waals surface area contributed by atoms with Crippen molar-refractivity contribution < 1.29 is 4.79 Å². The quantitative estimate of drug-likeness (QED) is 0.850. The predicted octanol–water partition coefficient (Wildman–Crippen LogP) is 1.20. The number of hydrogen-bond acceptors (Lipinski definition) is 5. The summed E-state index contributed by atoms with van der Waals surface area (Å²) in [6.45, 7) is 3.83. The van der Waals surface area contributed by atoms with Crippen LogP contribution >= 0.6 is 11.8 Å². The highest BCUT2D eigenvalue weighted by molar-refractivity contribution is 8.00. The summed E-state index contributed by atoms with van der Waals surface area (Å²) in [6, 6.07) is 7.87. The van der Waals surface area contributed by atoms with Gasteiger partial charge < -0.3 is 5.32 Å². The summed E-state index contributed by atoms with van der Waals surface area (Å²) in [5, 5.41) is 14.6. The fourth-order valence-electron chi connectivity index (χ4n) is 1.59. The molecule has 1 heterocycles. The Balaban J connectivity index is 2.25. The normalized spacial score (nSPS) is 12.2. The fourth-order valence-corrected chi connectivity index (χ4v) is 2.46. The summed E-state index contributed by atoms with van der Waals surface area (Å²) in [5.74, 6) is -0.0520. The predicted molar refractivity (Wildman–Crippen MR) is 73.3 cm³/mol. The Labute approximate surface area is 115 Å². The van der Waals surface area contributed by atoms with Crippen molar-refractivity contribution in [3.63, 3.8) is 0 Å². The van der Waals surface area contributed by atoms with E-state index in [0.29, 0.717) is 5.16 Å². The number of aromatic nitrogens is 4. The van der Waals surface area contributed by atoms with E-state index in [0.717, 1.165) is 11.3 Å². The topological polar surface area (TPSA) is 72.7 Å². The molecule has 0 saturated heterocycles. The van der Waals surface area contributed by atoms with Gasteiger partial charge in [0.1, 0.15) is 0 Å². The molecule has 19 heavy (non-hydrogen) atoms. The molecule has 0 aliphatic rings. The lowest BCUT2D eigenvalue weighted by atomic mass is 10.2. The lowest BCUT2D eigenvalue weighted by Gasteiger charge is -2.09. The van der Waals surface area contributed by atoms with Gasteiger partial charge in [-0.25, -0.2) is 0 Å². The van der Waals surface area contributed by atoms with E-state index >= 15 is 0 Å². The van der Waals surface area contributed by atoms with Gasteiger partial charge in [0.2, 0.25) is 11.1 Å². The van der Waals surface area contributed by atoms with Crippen molar-refractivity contribution >= 4 is 17.7 Å². The molecule has 1 amide bonds. The number of thioether (sulfide) groups is 1. The average Bonchev–Trinajstić information content (AvgIpc) is 2.85. The molecule has 0 radical (unpaired) electrons. The summed E-state index contributed by atoms with van der Waals surface area (Å²) < 4.78 is 1.64. The maximum absolute atomic E-state index is 11.5. The molecule has 0 unspecified atom stereocenters. The number of carbonyl (C=O) groups excluding carboxylic acids is 1. The van der Waals surface area contributed by atoms with Gasteiger partial charge in [-0.2, -0.15) is 4.68 Å². The highest BCUT2D eigenvalue weighted by Gasteiger charge is 2.17. The Bertz CT molecular complexity index is 583. The van der Waals surface area contributed by atoms with Gasteiger partial charge in [0.15, 0.2) is 0 Å². The molecule has 1 aromatic carbocycles. The van der Waals surface area contributed by atoms with Crippen molar-refractivity contribution in [2.24, 2.45) is 0 Å². The maximum Gasteiger partial charge on any atom is 0.233 e. The number of amides is 1. The Morgan fingerprint density at radius 2 is 2.26 bits per heavy atom. The molecule has 6 nitrogen and oxygen atoms in total. The van der Waals surface area contributed by atoms with Gasteiger partial charge in [0.05, 0.1) is 10.9 Å². The van der Waals surface area contributed by atoms with E-state index in [4.69, 9.17) is 0 Å². The van der Waals surface area contributed by atoms with E-state index in [-0.39, 0.29) is 11.2 Å². The molecule has 100 valence electrons. The second kappa shape index (κ2) is 5.83. The van der Waals surface area contributed by atoms with Crippen LogP contribution in [0.3, 0.4) is 0 Å². The zero-order valence-corrected chi connectivity index (χ0v) is 11.8. The van der Waals surface area contributed by atoms with Gasteiger partial charge in [-0.3, -0.25) is 4.79 Å². The van der Waals surface area contributed by atoms with Crippen molar-refractivity contribution in [3.05, 3.63) is 29.8 Å². The molecule has 0 spiro atoms. The Morgan fingerprint density at radius 3 is 2.95 bits per heavy atom. The van der Waals surface area contributed by atoms with Gasteiger partial charge in [0, 0.05) is 7.05 Å². The molecule has 0 fully saturated rings. The fraction of sp³-hybridized carbons (Fsp3) is 0.333. The Morgan fingerprint density at radius 1 is 1.47 bits per heavy atom. The minimum absolute atomic E-state index is 0.0520. The summed E-state index contributed by atoms with van der Waals surface area (Å²) in [5.41, 5.74) is 2.01. The molecular weight excluding hydrogens is 262 g/mol. The van der Waals surface area contributed by atoms with Crippen LogP contribution in [0, 0.1) is 6.92 Å². The Hall–Kier alpha value is -1.89. The lowest BCUT2D eigenvalue weighted by Crippen LogP contribution is -2.27. The second-order valence-corrected chi connectivity index (χ2v) is 5.39. The van der Waals surface area contributed by atoms with Gasteiger partial charge in [0.25, 0.3) is 0 Å². The van der Waals surface area contributed by atoms with Gasteiger partial charge >= 0.3 is 0 Å². The van der Waals surface area contributed by atoms with Crippen LogP contribution in [0.2, 0.25) is 0 Å². The second-order valence-electron chi connectivity index (χ2n) is 4.09. The van der Waals surface area contributed by atoms with Crippen LogP contribution in [0.5, 0.6) is 0 Å². The first kappa shape index (κ1) is 13.5. The molecular formula is C12H15N5OS. The smallest absolute Gasteiger partial charge is 0.233 e. The number of nitrogens with one attached hydrogen (secondary N) is 1. The number of benzene rings is 1. The van der Waals surface area contributed by atoms with E-state index in [1.165, 1.54) is 11.8 Å². The molecule has 0 saturated carbocycles. The van der Waals surface area contributed by atoms with Crippen LogP contribution in [0.15, 0.2) is 29.4 Å². The van der Waals surface area contributed by atoms with E-state index in [1.807, 2.05) is 38.1 Å². The number of aryl methyl sites for hydroxylation is 1. The number of nitrogens with zero attached hydrogens (tertiary/aromatic N) is 4. The van der Waals surface area contributed by atoms with Crippen LogP contribution in [-0.2, 0) is 4.79 Å². The molecule has 1 atom stereocenters. The SMILES string of the molecule is CNC(=O)[C@H](C)Sc1nnnn1-c1cccc(C)c1. The van der Waals surface area contributed by atoms with Crippen molar-refractivity contribution in [1.29, 1.82) is 0 Å². The first-order valence-electron chi connectivity index (χ1n) is 5.85. The molecule has 7 heteroatoms. The zero-order chi connectivity index (χ0) is 13.8. The third-order valence-corrected chi connectivity index (χ3v) is 3.62. The van der Waals surface area contributed by atoms with Gasteiger partial charge in [-0.15, -0.1) is 5.10 Å². The first-order chi connectivity index (χ1) is 9.11. The van der Waals surface area contributed by atoms with Gasteiger partial charge in [-0.1, -0.05) is 23.9 Å². The van der Waals surface area contributed by atoms with Crippen molar-refractivity contribution in [2.75, 3.05) is 7.05 Å². The third-order valence-electron chi connectivity index (χ3n) is 2.58. The lowest BCUT2D eigenvalue weighted by molar-refractivity contribution is -0.119. The van der Waals surface area contributed by atoms with E-state index < -0.39 is 0 Å². The van der Waals surface area contributed by atoms with Crippen LogP contribution < -0.4 is 5.32 Å². The van der Waals surface area contributed by atoms with Crippen molar-refractivity contribution in [2.45, 2.75) is 24.3 Å². The molecule has 2 aromatic rings. The molecule has 1 N–H and O–H groups in total. The molecule has 1 aromatic heterocycles. The number of tetrazole rings is 1. The standard InChI is InChI=1S/C12H15N5OS/c1-8-5-4-6-10(7-8)17-12(14-15-16-17)19-9(2)11(18)13-3/h4-7,9H,1-3H3,(H,13,18)/t9-/m0/s1. The number of rotatable bonds is 4. The van der Waals surface area contributed by atoms with Gasteiger partial charge in [-0.05, 0) is 42.0 Å². The molecule has 0 bridgehead atoms. The Kier molecular flexibility index (Phi) is 4.16. The summed E-state index contributed by atoms with van der Waals surface area (Å²) in [4.78, 5) is 11.5. The maximum atomic E-state index is 11.5. The third kappa shape index (κ3) is 3.11. The summed E-state index contributed by atoms with van der Waals surface area (Å²) >= 11 is 1.33. The van der Waals surface area contributed by atoms with Crippen molar-refractivity contribution in [1.82, 2.24) is 25.5 Å². The van der Waals surface area contributed by atoms with Crippen LogP contribution in [0.25, 0.3) is 5.69 Å². The van der Waals surface area contributed by atoms with E-state index in [9.17, 15) is 4.79 Å².